The number of hydrogen-bond acceptors (Lipinski definition) is 5. The van der Waals surface area contributed by atoms with Crippen molar-refractivity contribution >= 4 is 23.7 Å². The first-order valence-electron chi connectivity index (χ1n) is 4.30. The topological polar surface area (TPSA) is 67.2 Å². The van der Waals surface area contributed by atoms with Gasteiger partial charge in [0.1, 0.15) is 6.26 Å². The second-order valence-corrected chi connectivity index (χ2v) is 4.09. The zero-order valence-electron chi connectivity index (χ0n) is 7.74. The number of anilines is 1. The van der Waals surface area contributed by atoms with Crippen molar-refractivity contribution < 1.29 is 9.21 Å². The van der Waals surface area contributed by atoms with E-state index in [-0.39, 0.29) is 18.0 Å². The van der Waals surface area contributed by atoms with Crippen LogP contribution >= 0.6 is 11.8 Å². The number of thioether (sulfide) groups is 1. The van der Waals surface area contributed by atoms with Gasteiger partial charge >= 0.3 is 6.01 Å². The maximum atomic E-state index is 11.5. The van der Waals surface area contributed by atoms with Crippen LogP contribution in [0.2, 0.25) is 0 Å². The summed E-state index contributed by atoms with van der Waals surface area (Å²) in [5, 5.41) is 5.68. The van der Waals surface area contributed by atoms with Gasteiger partial charge in [-0.1, -0.05) is 0 Å². The van der Waals surface area contributed by atoms with Crippen molar-refractivity contribution in [3.63, 3.8) is 0 Å². The highest BCUT2D eigenvalue weighted by molar-refractivity contribution is 7.99. The highest BCUT2D eigenvalue weighted by atomic mass is 32.2. The van der Waals surface area contributed by atoms with Crippen LogP contribution in [0.15, 0.2) is 10.7 Å². The third-order valence-corrected chi connectivity index (χ3v) is 2.82. The molecule has 2 heterocycles. The lowest BCUT2D eigenvalue weighted by atomic mass is 10.3. The van der Waals surface area contributed by atoms with Crippen LogP contribution in [-0.2, 0) is 4.79 Å². The molecule has 1 atom stereocenters. The van der Waals surface area contributed by atoms with Crippen molar-refractivity contribution in [2.75, 3.05) is 16.9 Å². The molecule has 1 aromatic rings. The molecule has 1 unspecified atom stereocenters. The highest BCUT2D eigenvalue weighted by Gasteiger charge is 2.23. The van der Waals surface area contributed by atoms with Crippen molar-refractivity contribution in [3.05, 3.63) is 12.0 Å². The zero-order valence-corrected chi connectivity index (χ0v) is 8.56. The maximum Gasteiger partial charge on any atom is 0.301 e. The van der Waals surface area contributed by atoms with Crippen LogP contribution < -0.4 is 10.6 Å². The fourth-order valence-corrected chi connectivity index (χ4v) is 2.11. The van der Waals surface area contributed by atoms with Crippen molar-refractivity contribution in [1.82, 2.24) is 10.3 Å². The monoisotopic (exact) mass is 213 g/mol. The van der Waals surface area contributed by atoms with Crippen LogP contribution in [0.25, 0.3) is 0 Å². The molecule has 14 heavy (non-hydrogen) atoms. The molecular formula is C8H11N3O2S. The van der Waals surface area contributed by atoms with E-state index in [1.807, 2.05) is 6.92 Å². The molecule has 0 saturated carbocycles. The summed E-state index contributed by atoms with van der Waals surface area (Å²) in [6.45, 7) is 1.81. The van der Waals surface area contributed by atoms with Gasteiger partial charge in [0.15, 0.2) is 0 Å². The van der Waals surface area contributed by atoms with Crippen LogP contribution in [0.5, 0.6) is 0 Å². The van der Waals surface area contributed by atoms with Gasteiger partial charge in [-0.25, -0.2) is 0 Å². The van der Waals surface area contributed by atoms with Crippen LogP contribution in [-0.4, -0.2) is 28.6 Å². The van der Waals surface area contributed by atoms with Crippen LogP contribution in [0.4, 0.5) is 6.01 Å². The van der Waals surface area contributed by atoms with Gasteiger partial charge in [-0.05, 0) is 6.92 Å². The third-order valence-electron chi connectivity index (χ3n) is 1.88. The molecule has 1 aliphatic rings. The summed E-state index contributed by atoms with van der Waals surface area (Å²) in [6, 6.07) is 0.137. The SMILES string of the molecule is Cc1coc(NC(=O)C2CSCN2)n1. The first-order chi connectivity index (χ1) is 6.75. The summed E-state index contributed by atoms with van der Waals surface area (Å²) in [7, 11) is 0. The highest BCUT2D eigenvalue weighted by Crippen LogP contribution is 2.12. The Morgan fingerprint density at radius 2 is 2.71 bits per heavy atom. The van der Waals surface area contributed by atoms with Crippen LogP contribution in [0.3, 0.4) is 0 Å². The summed E-state index contributed by atoms with van der Waals surface area (Å²) in [4.78, 5) is 15.5. The fraction of sp³-hybridized carbons (Fsp3) is 0.500. The molecule has 5 nitrogen and oxygen atoms in total. The summed E-state index contributed by atoms with van der Waals surface area (Å²) in [6.07, 6.45) is 1.51. The van der Waals surface area contributed by atoms with E-state index in [1.165, 1.54) is 6.26 Å². The Kier molecular flexibility index (Phi) is 2.74. The number of aromatic nitrogens is 1. The molecule has 2 N–H and O–H groups in total. The Bertz CT molecular complexity index is 333. The van der Waals surface area contributed by atoms with Crippen LogP contribution in [0.1, 0.15) is 5.69 Å². The molecule has 1 aromatic heterocycles. The number of aryl methyl sites for hydroxylation is 1. The number of carbonyl (C=O) groups excluding carboxylic acids is 1. The Balaban J connectivity index is 1.93. The number of amides is 1. The van der Waals surface area contributed by atoms with E-state index in [2.05, 4.69) is 15.6 Å². The van der Waals surface area contributed by atoms with Gasteiger partial charge in [0, 0.05) is 11.6 Å². The molecule has 2 rings (SSSR count). The second-order valence-electron chi connectivity index (χ2n) is 3.06. The van der Waals surface area contributed by atoms with Gasteiger partial charge in [0.25, 0.3) is 0 Å². The second kappa shape index (κ2) is 4.02. The van der Waals surface area contributed by atoms with Gasteiger partial charge in [-0.2, -0.15) is 4.98 Å². The number of rotatable bonds is 2. The average molecular weight is 213 g/mol. The van der Waals surface area contributed by atoms with E-state index < -0.39 is 0 Å². The lowest BCUT2D eigenvalue weighted by Gasteiger charge is -2.06. The molecule has 6 heteroatoms. The molecule has 1 amide bonds. The molecule has 76 valence electrons. The van der Waals surface area contributed by atoms with E-state index in [9.17, 15) is 4.79 Å². The molecule has 1 saturated heterocycles. The molecule has 1 aliphatic heterocycles. The number of oxazole rings is 1. The van der Waals surface area contributed by atoms with Crippen molar-refractivity contribution in [3.8, 4) is 0 Å². The summed E-state index contributed by atoms with van der Waals surface area (Å²) in [5.74, 6) is 1.53. The predicted octanol–water partition coefficient (Wildman–Crippen LogP) is 0.584. The quantitative estimate of drug-likeness (QED) is 0.752. The summed E-state index contributed by atoms with van der Waals surface area (Å²) < 4.78 is 5.02. The normalized spacial score (nSPS) is 21.1. The number of hydrogen-bond donors (Lipinski definition) is 2. The van der Waals surface area contributed by atoms with E-state index in [4.69, 9.17) is 4.42 Å². The lowest BCUT2D eigenvalue weighted by Crippen LogP contribution is -2.37. The molecular weight excluding hydrogens is 202 g/mol. The number of carbonyl (C=O) groups is 1. The van der Waals surface area contributed by atoms with Gasteiger partial charge in [-0.15, -0.1) is 11.8 Å². The summed E-state index contributed by atoms with van der Waals surface area (Å²) >= 11 is 1.70. The number of nitrogens with one attached hydrogen (secondary N) is 2. The zero-order chi connectivity index (χ0) is 9.97. The lowest BCUT2D eigenvalue weighted by molar-refractivity contribution is -0.117. The van der Waals surface area contributed by atoms with Crippen LogP contribution in [0, 0.1) is 6.92 Å². The largest absolute Gasteiger partial charge is 0.432 e. The van der Waals surface area contributed by atoms with E-state index in [0.717, 1.165) is 17.3 Å². The number of nitrogens with zero attached hydrogens (tertiary/aromatic N) is 1. The maximum absolute atomic E-state index is 11.5. The minimum absolute atomic E-state index is 0.0862. The standard InChI is InChI=1S/C8H11N3O2S/c1-5-2-13-8(10-5)11-7(12)6-3-14-4-9-6/h2,6,9H,3-4H2,1H3,(H,10,11,12). The first kappa shape index (κ1) is 9.54. The predicted molar refractivity (Wildman–Crippen MR) is 54.1 cm³/mol. The molecule has 0 spiro atoms. The molecule has 0 aromatic carbocycles. The third kappa shape index (κ3) is 2.08. The smallest absolute Gasteiger partial charge is 0.301 e. The summed E-state index contributed by atoms with van der Waals surface area (Å²) in [5.41, 5.74) is 0.758. The molecule has 0 radical (unpaired) electrons. The van der Waals surface area contributed by atoms with Gasteiger partial charge in [0.05, 0.1) is 11.7 Å². The fourth-order valence-electron chi connectivity index (χ4n) is 1.17. The minimum atomic E-state index is -0.132. The van der Waals surface area contributed by atoms with Crippen molar-refractivity contribution in [2.45, 2.75) is 13.0 Å². The van der Waals surface area contributed by atoms with Gasteiger partial charge in [0.2, 0.25) is 5.91 Å². The Morgan fingerprint density at radius 3 is 3.29 bits per heavy atom. The molecule has 0 aliphatic carbocycles. The Labute approximate surface area is 85.6 Å². The Hall–Kier alpha value is -1.01. The van der Waals surface area contributed by atoms with Crippen molar-refractivity contribution in [2.24, 2.45) is 0 Å². The van der Waals surface area contributed by atoms with Crippen molar-refractivity contribution in [1.29, 1.82) is 0 Å². The van der Waals surface area contributed by atoms with E-state index in [0.29, 0.717) is 0 Å². The Morgan fingerprint density at radius 1 is 1.86 bits per heavy atom. The molecule has 1 fully saturated rings. The van der Waals surface area contributed by atoms with Gasteiger partial charge < -0.3 is 4.42 Å². The molecule has 0 bridgehead atoms. The van der Waals surface area contributed by atoms with E-state index >= 15 is 0 Å². The minimum Gasteiger partial charge on any atom is -0.432 e. The van der Waals surface area contributed by atoms with Gasteiger partial charge in [-0.3, -0.25) is 15.4 Å². The first-order valence-corrected chi connectivity index (χ1v) is 5.45. The average Bonchev–Trinajstić information content (AvgIpc) is 2.75. The van der Waals surface area contributed by atoms with E-state index in [1.54, 1.807) is 11.8 Å².